The van der Waals surface area contributed by atoms with E-state index in [1.807, 2.05) is 12.1 Å². The second kappa shape index (κ2) is 8.09. The van der Waals surface area contributed by atoms with Crippen LogP contribution in [0.1, 0.15) is 18.9 Å². The summed E-state index contributed by atoms with van der Waals surface area (Å²) in [5.41, 5.74) is 1.27. The average molecular weight is 237 g/mol. The number of benzene rings is 1. The van der Waals surface area contributed by atoms with Crippen molar-refractivity contribution in [2.75, 3.05) is 26.8 Å². The van der Waals surface area contributed by atoms with Crippen molar-refractivity contribution < 1.29 is 9.84 Å². The molecule has 0 radical (unpaired) electrons. The van der Waals surface area contributed by atoms with Crippen LogP contribution in [0.5, 0.6) is 5.75 Å². The molecule has 17 heavy (non-hydrogen) atoms. The van der Waals surface area contributed by atoms with Crippen LogP contribution in [0.4, 0.5) is 0 Å². The number of methoxy groups -OCH3 is 1. The summed E-state index contributed by atoms with van der Waals surface area (Å²) in [5.74, 6) is 1.28. The number of ether oxygens (including phenoxy) is 1. The first-order valence-electron chi connectivity index (χ1n) is 6.24. The second-order valence-corrected chi connectivity index (χ2v) is 4.26. The predicted octanol–water partition coefficient (Wildman–Crippen LogP) is 1.85. The van der Waals surface area contributed by atoms with E-state index in [9.17, 15) is 0 Å². The summed E-state index contributed by atoms with van der Waals surface area (Å²) in [6.07, 6.45) is 2.00. The summed E-state index contributed by atoms with van der Waals surface area (Å²) in [5, 5.41) is 12.4. The predicted molar refractivity (Wildman–Crippen MR) is 70.4 cm³/mol. The van der Waals surface area contributed by atoms with Crippen molar-refractivity contribution in [2.45, 2.75) is 19.8 Å². The fourth-order valence-corrected chi connectivity index (χ4v) is 1.70. The van der Waals surface area contributed by atoms with E-state index in [-0.39, 0.29) is 6.61 Å². The molecule has 3 heteroatoms. The van der Waals surface area contributed by atoms with Crippen molar-refractivity contribution in [1.29, 1.82) is 0 Å². The van der Waals surface area contributed by atoms with E-state index in [2.05, 4.69) is 24.4 Å². The Bertz CT molecular complexity index is 311. The first-order valence-corrected chi connectivity index (χ1v) is 6.24. The third kappa shape index (κ3) is 5.20. The van der Waals surface area contributed by atoms with Crippen LogP contribution in [0, 0.1) is 5.92 Å². The Balaban J connectivity index is 2.26. The molecule has 0 aromatic heterocycles. The van der Waals surface area contributed by atoms with Crippen molar-refractivity contribution >= 4 is 0 Å². The third-order valence-corrected chi connectivity index (χ3v) is 2.99. The van der Waals surface area contributed by atoms with Crippen molar-refractivity contribution in [3.05, 3.63) is 29.8 Å². The summed E-state index contributed by atoms with van der Waals surface area (Å²) in [4.78, 5) is 0. The van der Waals surface area contributed by atoms with Crippen LogP contribution >= 0.6 is 0 Å². The fraction of sp³-hybridized carbons (Fsp3) is 0.571. The molecule has 0 spiro atoms. The molecule has 0 aliphatic carbocycles. The lowest BCUT2D eigenvalue weighted by Crippen LogP contribution is -2.26. The Morgan fingerprint density at radius 2 is 2.24 bits per heavy atom. The number of nitrogens with one attached hydrogen (secondary N) is 1. The van der Waals surface area contributed by atoms with Gasteiger partial charge in [0.15, 0.2) is 0 Å². The number of aliphatic hydroxyl groups excluding tert-OH is 1. The van der Waals surface area contributed by atoms with Gasteiger partial charge >= 0.3 is 0 Å². The van der Waals surface area contributed by atoms with Crippen LogP contribution in [0.2, 0.25) is 0 Å². The third-order valence-electron chi connectivity index (χ3n) is 2.99. The van der Waals surface area contributed by atoms with Gasteiger partial charge in [0.05, 0.1) is 7.11 Å². The monoisotopic (exact) mass is 237 g/mol. The molecule has 0 aliphatic heterocycles. The zero-order chi connectivity index (χ0) is 12.5. The second-order valence-electron chi connectivity index (χ2n) is 4.26. The number of rotatable bonds is 8. The topological polar surface area (TPSA) is 41.5 Å². The zero-order valence-corrected chi connectivity index (χ0v) is 10.8. The van der Waals surface area contributed by atoms with Gasteiger partial charge < -0.3 is 15.2 Å². The molecule has 0 saturated heterocycles. The van der Waals surface area contributed by atoms with Gasteiger partial charge in [0.2, 0.25) is 0 Å². The molecule has 3 nitrogen and oxygen atoms in total. The first kappa shape index (κ1) is 14.0. The molecule has 1 aromatic carbocycles. The first-order chi connectivity index (χ1) is 8.30. The Labute approximate surface area is 104 Å². The molecule has 1 unspecified atom stereocenters. The van der Waals surface area contributed by atoms with Crippen molar-refractivity contribution in [2.24, 2.45) is 5.92 Å². The van der Waals surface area contributed by atoms with Crippen LogP contribution in [-0.4, -0.2) is 31.9 Å². The van der Waals surface area contributed by atoms with E-state index in [4.69, 9.17) is 9.84 Å². The highest BCUT2D eigenvalue weighted by atomic mass is 16.5. The van der Waals surface area contributed by atoms with Crippen LogP contribution in [0.25, 0.3) is 0 Å². The molecule has 0 heterocycles. The van der Waals surface area contributed by atoms with E-state index in [0.717, 1.165) is 31.7 Å². The van der Waals surface area contributed by atoms with Crippen LogP contribution < -0.4 is 10.1 Å². The maximum Gasteiger partial charge on any atom is 0.119 e. The van der Waals surface area contributed by atoms with Crippen LogP contribution in [0.3, 0.4) is 0 Å². The van der Waals surface area contributed by atoms with Gasteiger partial charge in [-0.15, -0.1) is 0 Å². The number of aliphatic hydroxyl groups is 1. The van der Waals surface area contributed by atoms with Crippen molar-refractivity contribution in [3.63, 3.8) is 0 Å². The molecule has 0 fully saturated rings. The molecule has 0 aliphatic rings. The van der Waals surface area contributed by atoms with Gasteiger partial charge in [-0.2, -0.15) is 0 Å². The average Bonchev–Trinajstić information content (AvgIpc) is 2.39. The molecule has 1 aromatic rings. The summed E-state index contributed by atoms with van der Waals surface area (Å²) < 4.78 is 5.18. The highest BCUT2D eigenvalue weighted by molar-refractivity contribution is 5.28. The molecule has 0 saturated carbocycles. The molecular weight excluding hydrogens is 214 g/mol. The highest BCUT2D eigenvalue weighted by Gasteiger charge is 2.03. The Morgan fingerprint density at radius 3 is 2.88 bits per heavy atom. The summed E-state index contributed by atoms with van der Waals surface area (Å²) >= 11 is 0. The van der Waals surface area contributed by atoms with Crippen LogP contribution in [0.15, 0.2) is 24.3 Å². The molecule has 1 atom stereocenters. The SMILES string of the molecule is CCC(CO)CNCCc1cccc(OC)c1. The minimum atomic E-state index is 0.267. The van der Waals surface area contributed by atoms with Crippen molar-refractivity contribution in [3.8, 4) is 5.75 Å². The quantitative estimate of drug-likeness (QED) is 0.678. The maximum atomic E-state index is 9.05. The van der Waals surface area contributed by atoms with Gasteiger partial charge in [-0.25, -0.2) is 0 Å². The van der Waals surface area contributed by atoms with Crippen molar-refractivity contribution in [1.82, 2.24) is 5.32 Å². The summed E-state index contributed by atoms with van der Waals surface area (Å²) in [6, 6.07) is 8.13. The van der Waals surface area contributed by atoms with E-state index in [1.54, 1.807) is 7.11 Å². The molecule has 1 rings (SSSR count). The van der Waals surface area contributed by atoms with Crippen LogP contribution in [-0.2, 0) is 6.42 Å². The van der Waals surface area contributed by atoms with Gasteiger partial charge in [0.1, 0.15) is 5.75 Å². The Morgan fingerprint density at radius 1 is 1.41 bits per heavy atom. The smallest absolute Gasteiger partial charge is 0.119 e. The number of hydrogen-bond acceptors (Lipinski definition) is 3. The maximum absolute atomic E-state index is 9.05. The summed E-state index contributed by atoms with van der Waals surface area (Å²) in [7, 11) is 1.68. The lowest BCUT2D eigenvalue weighted by atomic mass is 10.1. The lowest BCUT2D eigenvalue weighted by Gasteiger charge is -2.12. The Kier molecular flexibility index (Phi) is 6.67. The van der Waals surface area contributed by atoms with Gasteiger partial charge in [-0.3, -0.25) is 0 Å². The molecule has 0 amide bonds. The summed E-state index contributed by atoms with van der Waals surface area (Å²) in [6.45, 7) is 4.19. The van der Waals surface area contributed by atoms with E-state index in [1.165, 1.54) is 5.56 Å². The Hall–Kier alpha value is -1.06. The largest absolute Gasteiger partial charge is 0.497 e. The fourth-order valence-electron chi connectivity index (χ4n) is 1.70. The normalized spacial score (nSPS) is 12.4. The standard InChI is InChI=1S/C14H23NO2/c1-3-12(11-16)10-15-8-7-13-5-4-6-14(9-13)17-2/h4-6,9,12,15-16H,3,7-8,10-11H2,1-2H3. The van der Waals surface area contributed by atoms with Gasteiger partial charge in [0.25, 0.3) is 0 Å². The van der Waals surface area contributed by atoms with Gasteiger partial charge in [-0.1, -0.05) is 19.1 Å². The zero-order valence-electron chi connectivity index (χ0n) is 10.8. The van der Waals surface area contributed by atoms with E-state index in [0.29, 0.717) is 5.92 Å². The molecule has 0 bridgehead atoms. The molecule has 96 valence electrons. The highest BCUT2D eigenvalue weighted by Crippen LogP contribution is 2.12. The van der Waals surface area contributed by atoms with E-state index >= 15 is 0 Å². The molecular formula is C14H23NO2. The molecule has 2 N–H and O–H groups in total. The van der Waals surface area contributed by atoms with Gasteiger partial charge in [-0.05, 0) is 43.0 Å². The minimum Gasteiger partial charge on any atom is -0.497 e. The van der Waals surface area contributed by atoms with E-state index < -0.39 is 0 Å². The minimum absolute atomic E-state index is 0.267. The number of hydrogen-bond donors (Lipinski definition) is 2. The van der Waals surface area contributed by atoms with Gasteiger partial charge in [0, 0.05) is 13.2 Å². The lowest BCUT2D eigenvalue weighted by molar-refractivity contribution is 0.219.